The number of imidazole rings is 1. The molecule has 4 heteroatoms. The summed E-state index contributed by atoms with van der Waals surface area (Å²) in [6, 6.07) is 43.0. The van der Waals surface area contributed by atoms with Gasteiger partial charge < -0.3 is 0 Å². The van der Waals surface area contributed by atoms with Gasteiger partial charge in [-0.25, -0.2) is 4.98 Å². The molecule has 186 valence electrons. The van der Waals surface area contributed by atoms with Gasteiger partial charge in [-0.05, 0) is 75.8 Å². The molecule has 0 N–H and O–H groups in total. The monoisotopic (exact) mass is 510 g/mol. The zero-order valence-corrected chi connectivity index (χ0v) is 21.5. The summed E-state index contributed by atoms with van der Waals surface area (Å²) in [7, 11) is 0. The third-order valence-electron chi connectivity index (χ3n) is 8.51. The van der Waals surface area contributed by atoms with E-state index in [0.717, 1.165) is 39.4 Å². The predicted octanol–water partition coefficient (Wildman–Crippen LogP) is 7.83. The number of hydrogen-bond donors (Lipinski definition) is 0. The highest BCUT2D eigenvalue weighted by atomic mass is 15.1. The van der Waals surface area contributed by atoms with Crippen LogP contribution in [0, 0.1) is 0 Å². The van der Waals surface area contributed by atoms with Crippen LogP contribution < -0.4 is 0 Å². The van der Waals surface area contributed by atoms with E-state index in [1.54, 1.807) is 6.20 Å². The molecule has 40 heavy (non-hydrogen) atoms. The molecule has 1 spiro atoms. The number of pyridine rings is 2. The molecule has 0 saturated carbocycles. The van der Waals surface area contributed by atoms with Crippen molar-refractivity contribution in [1.82, 2.24) is 19.5 Å². The molecule has 0 amide bonds. The first kappa shape index (κ1) is 21.6. The van der Waals surface area contributed by atoms with Crippen molar-refractivity contribution in [3.63, 3.8) is 0 Å². The van der Waals surface area contributed by atoms with Crippen molar-refractivity contribution in [2.24, 2.45) is 0 Å². The van der Waals surface area contributed by atoms with Gasteiger partial charge in [0.1, 0.15) is 11.2 Å². The van der Waals surface area contributed by atoms with Gasteiger partial charge in [0.15, 0.2) is 0 Å². The standard InChI is InChI=1S/C36H22N4/c1-3-11-27-25(9-1)26-10-2-4-12-28(26)36(27)29-21-23(24-16-18-31(38-22-24)30-13-7-8-20-37-30)17-19-33(29)40-34-15-6-5-14-32(34)39-35(36)40/h1-22H. The number of benzene rings is 4. The van der Waals surface area contributed by atoms with Crippen LogP contribution in [0.15, 0.2) is 134 Å². The predicted molar refractivity (Wildman–Crippen MR) is 158 cm³/mol. The number of aromatic nitrogens is 4. The minimum atomic E-state index is -0.501. The van der Waals surface area contributed by atoms with Gasteiger partial charge in [-0.2, -0.15) is 0 Å². The van der Waals surface area contributed by atoms with E-state index in [1.807, 2.05) is 24.4 Å². The molecule has 4 nitrogen and oxygen atoms in total. The molecule has 3 aromatic heterocycles. The first-order chi connectivity index (χ1) is 19.8. The van der Waals surface area contributed by atoms with Crippen LogP contribution in [0.25, 0.3) is 50.4 Å². The Morgan fingerprint density at radius 1 is 0.550 bits per heavy atom. The fourth-order valence-electron chi connectivity index (χ4n) is 6.85. The van der Waals surface area contributed by atoms with E-state index in [9.17, 15) is 0 Å². The average molecular weight is 511 g/mol. The molecule has 0 unspecified atom stereocenters. The van der Waals surface area contributed by atoms with E-state index in [4.69, 9.17) is 9.97 Å². The Hall–Kier alpha value is -5.35. The number of fused-ring (bicyclic) bond motifs is 12. The largest absolute Gasteiger partial charge is 0.295 e. The number of para-hydroxylation sites is 2. The molecule has 4 aromatic carbocycles. The van der Waals surface area contributed by atoms with Crippen molar-refractivity contribution in [2.75, 3.05) is 0 Å². The van der Waals surface area contributed by atoms with Crippen molar-refractivity contribution in [2.45, 2.75) is 5.41 Å². The molecule has 0 fully saturated rings. The van der Waals surface area contributed by atoms with Crippen LogP contribution in [0.2, 0.25) is 0 Å². The molecule has 1 aliphatic heterocycles. The molecule has 1 aliphatic carbocycles. The van der Waals surface area contributed by atoms with Crippen LogP contribution in [-0.4, -0.2) is 19.5 Å². The van der Waals surface area contributed by atoms with Crippen molar-refractivity contribution in [3.05, 3.63) is 156 Å². The fraction of sp³-hybridized carbons (Fsp3) is 0.0278. The topological polar surface area (TPSA) is 43.6 Å². The van der Waals surface area contributed by atoms with Gasteiger partial charge in [-0.3, -0.25) is 14.5 Å². The van der Waals surface area contributed by atoms with Gasteiger partial charge >= 0.3 is 0 Å². The van der Waals surface area contributed by atoms with Gasteiger partial charge in [0.05, 0.1) is 28.1 Å². The Labute approximate surface area is 231 Å². The van der Waals surface area contributed by atoms with E-state index < -0.39 is 5.41 Å². The van der Waals surface area contributed by atoms with E-state index in [2.05, 4.69) is 113 Å². The van der Waals surface area contributed by atoms with Gasteiger partial charge in [0.25, 0.3) is 0 Å². The Bertz CT molecular complexity index is 2060. The lowest BCUT2D eigenvalue weighted by atomic mass is 9.72. The maximum atomic E-state index is 5.33. The van der Waals surface area contributed by atoms with Crippen molar-refractivity contribution in [3.8, 4) is 39.3 Å². The summed E-state index contributed by atoms with van der Waals surface area (Å²) in [5.74, 6) is 1.06. The number of nitrogens with zero attached hydrogens (tertiary/aromatic N) is 4. The lowest BCUT2D eigenvalue weighted by molar-refractivity contribution is 0.738. The number of hydrogen-bond acceptors (Lipinski definition) is 3. The summed E-state index contributed by atoms with van der Waals surface area (Å²) >= 11 is 0. The molecule has 4 heterocycles. The maximum Gasteiger partial charge on any atom is 0.134 e. The first-order valence-corrected chi connectivity index (χ1v) is 13.5. The van der Waals surface area contributed by atoms with Crippen LogP contribution in [0.5, 0.6) is 0 Å². The lowest BCUT2D eigenvalue weighted by Crippen LogP contribution is -2.27. The Morgan fingerprint density at radius 3 is 2.00 bits per heavy atom. The zero-order valence-electron chi connectivity index (χ0n) is 21.5. The normalized spacial score (nSPS) is 13.7. The third-order valence-corrected chi connectivity index (χ3v) is 8.51. The van der Waals surface area contributed by atoms with Crippen LogP contribution in [0.4, 0.5) is 0 Å². The van der Waals surface area contributed by atoms with E-state index in [0.29, 0.717) is 0 Å². The Kier molecular flexibility index (Phi) is 4.23. The fourth-order valence-corrected chi connectivity index (χ4v) is 6.85. The molecular formula is C36H22N4. The average Bonchev–Trinajstić information content (AvgIpc) is 3.65. The SMILES string of the molecule is c1ccc(-c2ccc(-c3ccc4c(c3)C3(c5ccccc5-c5ccccc53)c3nc5ccccc5n3-4)cn2)nc1. The molecule has 0 bridgehead atoms. The van der Waals surface area contributed by atoms with Crippen LogP contribution in [-0.2, 0) is 5.41 Å². The molecule has 0 atom stereocenters. The number of rotatable bonds is 2. The highest BCUT2D eigenvalue weighted by Crippen LogP contribution is 2.60. The van der Waals surface area contributed by atoms with Gasteiger partial charge in [0, 0.05) is 18.0 Å². The second-order valence-corrected chi connectivity index (χ2v) is 10.5. The summed E-state index contributed by atoms with van der Waals surface area (Å²) in [6.45, 7) is 0. The first-order valence-electron chi connectivity index (χ1n) is 13.5. The van der Waals surface area contributed by atoms with Crippen LogP contribution >= 0.6 is 0 Å². The summed E-state index contributed by atoms with van der Waals surface area (Å²) < 4.78 is 2.37. The van der Waals surface area contributed by atoms with E-state index in [1.165, 1.54) is 33.5 Å². The van der Waals surface area contributed by atoms with Crippen molar-refractivity contribution >= 4 is 11.0 Å². The molecule has 0 saturated heterocycles. The highest BCUT2D eigenvalue weighted by molar-refractivity contribution is 5.92. The quantitative estimate of drug-likeness (QED) is 0.238. The third kappa shape index (κ3) is 2.67. The van der Waals surface area contributed by atoms with Gasteiger partial charge in [-0.1, -0.05) is 78.9 Å². The lowest BCUT2D eigenvalue weighted by Gasteiger charge is -2.27. The van der Waals surface area contributed by atoms with E-state index >= 15 is 0 Å². The van der Waals surface area contributed by atoms with Crippen LogP contribution in [0.1, 0.15) is 22.5 Å². The zero-order chi connectivity index (χ0) is 26.3. The Balaban J connectivity index is 1.32. The smallest absolute Gasteiger partial charge is 0.134 e. The summed E-state index contributed by atoms with van der Waals surface area (Å²) in [6.07, 6.45) is 3.76. The molecule has 2 aliphatic rings. The maximum absolute atomic E-state index is 5.33. The summed E-state index contributed by atoms with van der Waals surface area (Å²) in [5.41, 5.74) is 13.1. The van der Waals surface area contributed by atoms with Gasteiger partial charge in [0.2, 0.25) is 0 Å². The summed E-state index contributed by atoms with van der Waals surface area (Å²) in [4.78, 5) is 14.6. The highest BCUT2D eigenvalue weighted by Gasteiger charge is 2.54. The van der Waals surface area contributed by atoms with Crippen molar-refractivity contribution < 1.29 is 0 Å². The molecule has 7 aromatic rings. The second-order valence-electron chi connectivity index (χ2n) is 10.5. The summed E-state index contributed by atoms with van der Waals surface area (Å²) in [5, 5.41) is 0. The van der Waals surface area contributed by atoms with Crippen molar-refractivity contribution in [1.29, 1.82) is 0 Å². The van der Waals surface area contributed by atoms with Crippen LogP contribution in [0.3, 0.4) is 0 Å². The minimum Gasteiger partial charge on any atom is -0.295 e. The molecule has 9 rings (SSSR count). The molecular weight excluding hydrogens is 488 g/mol. The minimum absolute atomic E-state index is 0.501. The second kappa shape index (κ2) is 7.84. The Morgan fingerprint density at radius 2 is 1.25 bits per heavy atom. The molecule has 0 radical (unpaired) electrons. The van der Waals surface area contributed by atoms with Gasteiger partial charge in [-0.15, -0.1) is 0 Å². The van der Waals surface area contributed by atoms with E-state index in [-0.39, 0.29) is 0 Å².